The quantitative estimate of drug-likeness (QED) is 0.702. The average molecular weight is 280 g/mol. The van der Waals surface area contributed by atoms with Crippen molar-refractivity contribution in [1.29, 1.82) is 0 Å². The molecule has 0 bridgehead atoms. The molecule has 20 heavy (non-hydrogen) atoms. The summed E-state index contributed by atoms with van der Waals surface area (Å²) in [7, 11) is 0. The molecule has 1 heterocycles. The molecule has 1 rings (SSSR count). The molecule has 1 aromatic heterocycles. The van der Waals surface area contributed by atoms with Gasteiger partial charge < -0.3 is 9.84 Å². The Balaban J connectivity index is 2.23. The maximum Gasteiger partial charge on any atom is 0.220 e. The molecule has 114 valence electrons. The van der Waals surface area contributed by atoms with Gasteiger partial charge in [0.05, 0.1) is 5.69 Å². The van der Waals surface area contributed by atoms with Gasteiger partial charge in [0.1, 0.15) is 5.76 Å². The summed E-state index contributed by atoms with van der Waals surface area (Å²) in [6, 6.07) is 0.268. The molecule has 0 aliphatic carbocycles. The van der Waals surface area contributed by atoms with E-state index in [4.69, 9.17) is 4.52 Å². The fourth-order valence-electron chi connectivity index (χ4n) is 2.39. The Kier molecular flexibility index (Phi) is 7.34. The van der Waals surface area contributed by atoms with Crippen LogP contribution in [0.2, 0.25) is 0 Å². The molecule has 0 spiro atoms. The third-order valence-electron chi connectivity index (χ3n) is 3.68. The minimum Gasteiger partial charge on any atom is -0.361 e. The van der Waals surface area contributed by atoms with Crippen LogP contribution in [0.15, 0.2) is 4.52 Å². The van der Waals surface area contributed by atoms with Crippen LogP contribution in [0, 0.1) is 13.8 Å². The number of carbonyl (C=O) groups excluding carboxylic acids is 1. The smallest absolute Gasteiger partial charge is 0.220 e. The van der Waals surface area contributed by atoms with Crippen molar-refractivity contribution in [2.45, 2.75) is 78.7 Å². The van der Waals surface area contributed by atoms with Crippen molar-refractivity contribution in [2.75, 3.05) is 0 Å². The van der Waals surface area contributed by atoms with Gasteiger partial charge in [-0.25, -0.2) is 0 Å². The lowest BCUT2D eigenvalue weighted by atomic mass is 10.1. The second-order valence-electron chi connectivity index (χ2n) is 5.62. The van der Waals surface area contributed by atoms with E-state index in [0.717, 1.165) is 23.4 Å². The maximum absolute atomic E-state index is 11.9. The highest BCUT2D eigenvalue weighted by Crippen LogP contribution is 2.14. The number of nitrogens with one attached hydrogen (secondary N) is 1. The molecule has 0 aliphatic heterocycles. The first-order chi connectivity index (χ1) is 9.54. The molecule has 1 aromatic rings. The van der Waals surface area contributed by atoms with Crippen molar-refractivity contribution in [3.8, 4) is 0 Å². The highest BCUT2D eigenvalue weighted by atomic mass is 16.5. The second kappa shape index (κ2) is 8.77. The van der Waals surface area contributed by atoms with Gasteiger partial charge in [0, 0.05) is 18.0 Å². The molecule has 1 atom stereocenters. The van der Waals surface area contributed by atoms with E-state index in [-0.39, 0.29) is 11.9 Å². The van der Waals surface area contributed by atoms with Crippen LogP contribution in [0.25, 0.3) is 0 Å². The zero-order valence-electron chi connectivity index (χ0n) is 13.3. The van der Waals surface area contributed by atoms with Crippen molar-refractivity contribution in [3.63, 3.8) is 0 Å². The van der Waals surface area contributed by atoms with Crippen molar-refractivity contribution in [1.82, 2.24) is 10.5 Å². The number of aromatic nitrogens is 1. The lowest BCUT2D eigenvalue weighted by Crippen LogP contribution is -2.32. The van der Waals surface area contributed by atoms with Gasteiger partial charge in [0.2, 0.25) is 5.91 Å². The molecule has 4 heteroatoms. The Bertz CT molecular complexity index is 393. The summed E-state index contributed by atoms with van der Waals surface area (Å²) in [5, 5.41) is 6.97. The van der Waals surface area contributed by atoms with E-state index in [1.807, 2.05) is 13.8 Å². The van der Waals surface area contributed by atoms with Crippen molar-refractivity contribution >= 4 is 5.91 Å². The van der Waals surface area contributed by atoms with Crippen LogP contribution in [-0.2, 0) is 11.2 Å². The number of unbranched alkanes of at least 4 members (excludes halogenated alkanes) is 3. The predicted octanol–water partition coefficient (Wildman–Crippen LogP) is 3.70. The molecule has 1 N–H and O–H groups in total. The first-order valence-electron chi connectivity index (χ1n) is 7.75. The summed E-state index contributed by atoms with van der Waals surface area (Å²) < 4.78 is 5.10. The monoisotopic (exact) mass is 280 g/mol. The van der Waals surface area contributed by atoms with Crippen LogP contribution < -0.4 is 5.32 Å². The standard InChI is InChI=1S/C16H28N2O2/c1-5-6-7-8-9-12(2)17-16(19)11-10-15-13(3)18-20-14(15)4/h12H,5-11H2,1-4H3,(H,17,19). The van der Waals surface area contributed by atoms with E-state index in [2.05, 4.69) is 24.3 Å². The number of hydrogen-bond donors (Lipinski definition) is 1. The fourth-order valence-corrected chi connectivity index (χ4v) is 2.39. The number of carbonyl (C=O) groups is 1. The lowest BCUT2D eigenvalue weighted by Gasteiger charge is -2.13. The molecule has 0 saturated heterocycles. The Morgan fingerprint density at radius 3 is 2.65 bits per heavy atom. The van der Waals surface area contributed by atoms with Gasteiger partial charge in [-0.3, -0.25) is 4.79 Å². The highest BCUT2D eigenvalue weighted by molar-refractivity contribution is 5.76. The number of hydrogen-bond acceptors (Lipinski definition) is 3. The van der Waals surface area contributed by atoms with E-state index in [9.17, 15) is 4.79 Å². The highest BCUT2D eigenvalue weighted by Gasteiger charge is 2.12. The minimum atomic E-state index is 0.119. The van der Waals surface area contributed by atoms with Gasteiger partial charge in [0.25, 0.3) is 0 Å². The summed E-state index contributed by atoms with van der Waals surface area (Å²) in [4.78, 5) is 11.9. The zero-order valence-corrected chi connectivity index (χ0v) is 13.3. The molecule has 1 unspecified atom stereocenters. The first-order valence-corrected chi connectivity index (χ1v) is 7.75. The minimum absolute atomic E-state index is 0.119. The van der Waals surface area contributed by atoms with Crippen LogP contribution in [0.4, 0.5) is 0 Å². The Morgan fingerprint density at radius 2 is 2.05 bits per heavy atom. The summed E-state index contributed by atoms with van der Waals surface area (Å²) in [5.41, 5.74) is 1.96. The number of aryl methyl sites for hydroxylation is 2. The Labute approximate surface area is 122 Å². The molecule has 0 fully saturated rings. The van der Waals surface area contributed by atoms with Gasteiger partial charge in [-0.15, -0.1) is 0 Å². The van der Waals surface area contributed by atoms with Gasteiger partial charge in [-0.05, 0) is 33.6 Å². The topological polar surface area (TPSA) is 55.1 Å². The van der Waals surface area contributed by atoms with Crippen molar-refractivity contribution < 1.29 is 9.32 Å². The fraction of sp³-hybridized carbons (Fsp3) is 0.750. The van der Waals surface area contributed by atoms with E-state index in [0.29, 0.717) is 12.8 Å². The van der Waals surface area contributed by atoms with Crippen molar-refractivity contribution in [3.05, 3.63) is 17.0 Å². The number of rotatable bonds is 9. The number of amides is 1. The van der Waals surface area contributed by atoms with Gasteiger partial charge in [0.15, 0.2) is 0 Å². The van der Waals surface area contributed by atoms with Crippen LogP contribution in [0.1, 0.15) is 69.4 Å². The van der Waals surface area contributed by atoms with Crippen LogP contribution in [0.3, 0.4) is 0 Å². The van der Waals surface area contributed by atoms with Crippen LogP contribution in [-0.4, -0.2) is 17.1 Å². The van der Waals surface area contributed by atoms with E-state index >= 15 is 0 Å². The predicted molar refractivity (Wildman–Crippen MR) is 80.7 cm³/mol. The Morgan fingerprint density at radius 1 is 1.30 bits per heavy atom. The molecule has 1 amide bonds. The maximum atomic E-state index is 11.9. The summed E-state index contributed by atoms with van der Waals surface area (Å²) in [5.74, 6) is 0.941. The first kappa shape index (κ1) is 16.7. The molecule has 4 nitrogen and oxygen atoms in total. The SMILES string of the molecule is CCCCCCC(C)NC(=O)CCc1c(C)noc1C. The summed E-state index contributed by atoms with van der Waals surface area (Å²) >= 11 is 0. The van der Waals surface area contributed by atoms with Gasteiger partial charge >= 0.3 is 0 Å². The molecule has 0 radical (unpaired) electrons. The summed E-state index contributed by atoms with van der Waals surface area (Å²) in [6.07, 6.45) is 7.26. The molecular formula is C16H28N2O2. The third kappa shape index (κ3) is 5.76. The van der Waals surface area contributed by atoms with Gasteiger partial charge in [-0.1, -0.05) is 37.8 Å². The summed E-state index contributed by atoms with van der Waals surface area (Å²) in [6.45, 7) is 8.10. The Hall–Kier alpha value is -1.32. The number of nitrogens with zero attached hydrogens (tertiary/aromatic N) is 1. The van der Waals surface area contributed by atoms with Gasteiger partial charge in [-0.2, -0.15) is 0 Å². The zero-order chi connectivity index (χ0) is 15.0. The molecule has 0 aromatic carbocycles. The van der Waals surface area contributed by atoms with E-state index < -0.39 is 0 Å². The molecule has 0 aliphatic rings. The molecule has 0 saturated carbocycles. The van der Waals surface area contributed by atoms with E-state index in [1.165, 1.54) is 25.7 Å². The van der Waals surface area contributed by atoms with Crippen molar-refractivity contribution in [2.24, 2.45) is 0 Å². The van der Waals surface area contributed by atoms with E-state index in [1.54, 1.807) is 0 Å². The molecular weight excluding hydrogens is 252 g/mol. The second-order valence-corrected chi connectivity index (χ2v) is 5.62. The average Bonchev–Trinajstić information content (AvgIpc) is 2.72. The normalized spacial score (nSPS) is 12.4. The largest absolute Gasteiger partial charge is 0.361 e. The lowest BCUT2D eigenvalue weighted by molar-refractivity contribution is -0.121. The van der Waals surface area contributed by atoms with Crippen LogP contribution in [0.5, 0.6) is 0 Å². The third-order valence-corrected chi connectivity index (χ3v) is 3.68. The van der Waals surface area contributed by atoms with Crippen LogP contribution >= 0.6 is 0 Å².